The molecule has 0 bridgehead atoms. The number of cyclic esters (lactones) is 1. The third kappa shape index (κ3) is 2.53. The van der Waals surface area contributed by atoms with Crippen molar-refractivity contribution in [3.05, 3.63) is 0 Å². The Hall–Kier alpha value is -2.01. The molecule has 140 valence electrons. The van der Waals surface area contributed by atoms with Gasteiger partial charge in [0.1, 0.15) is 0 Å². The minimum absolute atomic E-state index is 0.340. The summed E-state index contributed by atoms with van der Waals surface area (Å²) in [4.78, 5) is 59.5. The minimum Gasteiger partial charge on any atom is -0.452 e. The molecule has 1 aliphatic heterocycles. The summed E-state index contributed by atoms with van der Waals surface area (Å²) < 4.78 is 4.59. The van der Waals surface area contributed by atoms with E-state index in [1.165, 1.54) is 6.92 Å². The molecule has 1 heterocycles. The van der Waals surface area contributed by atoms with E-state index in [-0.39, 0.29) is 6.42 Å². The monoisotopic (exact) mass is 360 g/mol. The van der Waals surface area contributed by atoms with E-state index in [1.807, 2.05) is 0 Å². The van der Waals surface area contributed by atoms with Crippen LogP contribution in [0, 0.1) is 0 Å². The van der Waals surface area contributed by atoms with Crippen molar-refractivity contribution >= 4 is 29.1 Å². The predicted molar refractivity (Wildman–Crippen MR) is 78.1 cm³/mol. The zero-order valence-electron chi connectivity index (χ0n) is 14.1. The molecular weight excluding hydrogens is 340 g/mol. The average Bonchev–Trinajstić information content (AvgIpc) is 2.75. The number of aliphatic hydroxyl groups is 4. The van der Waals surface area contributed by atoms with E-state index < -0.39 is 58.1 Å². The van der Waals surface area contributed by atoms with E-state index in [4.69, 9.17) is 0 Å². The molecule has 0 aromatic carbocycles. The first-order valence-electron chi connectivity index (χ1n) is 7.35. The van der Waals surface area contributed by atoms with Crippen LogP contribution in [0.15, 0.2) is 0 Å². The van der Waals surface area contributed by atoms with Crippen LogP contribution in [0.2, 0.25) is 0 Å². The Morgan fingerprint density at radius 3 is 1.96 bits per heavy atom. The number of hydrogen-bond donors (Lipinski definition) is 4. The maximum atomic E-state index is 12.0. The second-order valence-electron chi connectivity index (χ2n) is 5.98. The van der Waals surface area contributed by atoms with Gasteiger partial charge in [0, 0.05) is 6.42 Å². The Kier molecular flexibility index (Phi) is 5.36. The fourth-order valence-corrected chi connectivity index (χ4v) is 2.84. The van der Waals surface area contributed by atoms with Gasteiger partial charge in [-0.2, -0.15) is 0 Å². The van der Waals surface area contributed by atoms with Gasteiger partial charge < -0.3 is 25.2 Å². The highest BCUT2D eigenvalue weighted by Gasteiger charge is 2.78. The number of ketones is 4. The average molecular weight is 360 g/mol. The number of carbonyl (C=O) groups excluding carboxylic acids is 5. The van der Waals surface area contributed by atoms with Crippen LogP contribution in [0.4, 0.5) is 0 Å². The summed E-state index contributed by atoms with van der Waals surface area (Å²) >= 11 is 0. The molecule has 1 fully saturated rings. The molecular formula is C15H20O10. The van der Waals surface area contributed by atoms with Gasteiger partial charge in [-0.05, 0) is 20.8 Å². The molecule has 0 aromatic heterocycles. The lowest BCUT2D eigenvalue weighted by atomic mass is 9.68. The quantitative estimate of drug-likeness (QED) is 0.274. The van der Waals surface area contributed by atoms with Gasteiger partial charge in [0.2, 0.25) is 5.60 Å². The van der Waals surface area contributed by atoms with E-state index in [9.17, 15) is 44.4 Å². The maximum absolute atomic E-state index is 12.0. The Labute approximate surface area is 142 Å². The first kappa shape index (κ1) is 21.0. The third-order valence-electron chi connectivity index (χ3n) is 4.53. The van der Waals surface area contributed by atoms with Crippen LogP contribution >= 0.6 is 0 Å². The van der Waals surface area contributed by atoms with Gasteiger partial charge in [-0.3, -0.25) is 19.2 Å². The minimum atomic E-state index is -3.41. The van der Waals surface area contributed by atoms with Crippen LogP contribution < -0.4 is 0 Å². The Morgan fingerprint density at radius 2 is 1.64 bits per heavy atom. The van der Waals surface area contributed by atoms with Crippen molar-refractivity contribution in [2.45, 2.75) is 63.1 Å². The van der Waals surface area contributed by atoms with Gasteiger partial charge >= 0.3 is 5.97 Å². The van der Waals surface area contributed by atoms with Crippen molar-refractivity contribution in [3.8, 4) is 0 Å². The first-order chi connectivity index (χ1) is 11.2. The van der Waals surface area contributed by atoms with Gasteiger partial charge in [0.05, 0.1) is 0 Å². The molecule has 4 N–H and O–H groups in total. The van der Waals surface area contributed by atoms with Gasteiger partial charge in [-0.25, -0.2) is 4.79 Å². The summed E-state index contributed by atoms with van der Waals surface area (Å²) in [5, 5.41) is 41.7. The maximum Gasteiger partial charge on any atom is 0.350 e. The van der Waals surface area contributed by atoms with Gasteiger partial charge in [-0.15, -0.1) is 0 Å². The zero-order valence-corrected chi connectivity index (χ0v) is 14.1. The van der Waals surface area contributed by atoms with Crippen molar-refractivity contribution in [1.82, 2.24) is 0 Å². The number of aliphatic hydroxyl groups excluding tert-OH is 1. The number of Topliss-reactive ketones (excluding diaryl/α,β-unsaturated/α-hetero) is 4. The molecule has 0 aliphatic carbocycles. The Morgan fingerprint density at radius 1 is 1.16 bits per heavy atom. The highest BCUT2D eigenvalue weighted by atomic mass is 16.6. The van der Waals surface area contributed by atoms with Gasteiger partial charge in [0.25, 0.3) is 5.60 Å². The van der Waals surface area contributed by atoms with Crippen LogP contribution in [0.3, 0.4) is 0 Å². The molecule has 0 saturated carbocycles. The van der Waals surface area contributed by atoms with E-state index >= 15 is 0 Å². The predicted octanol–water partition coefficient (Wildman–Crippen LogP) is -2.79. The molecule has 0 amide bonds. The first-order valence-corrected chi connectivity index (χ1v) is 7.35. The highest BCUT2D eigenvalue weighted by Crippen LogP contribution is 2.44. The normalized spacial score (nSPS) is 32.5. The van der Waals surface area contributed by atoms with Crippen molar-refractivity contribution in [2.24, 2.45) is 0 Å². The van der Waals surface area contributed by atoms with Crippen molar-refractivity contribution in [3.63, 3.8) is 0 Å². The summed E-state index contributed by atoms with van der Waals surface area (Å²) in [7, 11) is 0. The lowest BCUT2D eigenvalue weighted by Crippen LogP contribution is -2.73. The molecule has 0 aromatic rings. The van der Waals surface area contributed by atoms with Crippen LogP contribution in [-0.4, -0.2) is 78.5 Å². The third-order valence-corrected chi connectivity index (χ3v) is 4.53. The van der Waals surface area contributed by atoms with Crippen LogP contribution in [0.5, 0.6) is 0 Å². The smallest absolute Gasteiger partial charge is 0.350 e. The summed E-state index contributed by atoms with van der Waals surface area (Å²) in [6, 6.07) is 0. The number of rotatable bonds is 7. The van der Waals surface area contributed by atoms with Crippen molar-refractivity contribution in [2.75, 3.05) is 0 Å². The zero-order chi connectivity index (χ0) is 20.0. The van der Waals surface area contributed by atoms with E-state index in [1.54, 1.807) is 0 Å². The van der Waals surface area contributed by atoms with Crippen LogP contribution in [0.1, 0.15) is 34.1 Å². The van der Waals surface area contributed by atoms with Gasteiger partial charge in [0.15, 0.2) is 40.9 Å². The number of ether oxygens (including phenoxy) is 1. The summed E-state index contributed by atoms with van der Waals surface area (Å²) in [6.45, 7) is 3.37. The molecule has 25 heavy (non-hydrogen) atoms. The molecule has 1 unspecified atom stereocenters. The van der Waals surface area contributed by atoms with E-state index in [0.29, 0.717) is 20.8 Å². The molecule has 0 radical (unpaired) electrons. The second kappa shape index (κ2) is 6.37. The molecule has 10 heteroatoms. The lowest BCUT2D eigenvalue weighted by Gasteiger charge is -2.41. The molecule has 5 atom stereocenters. The Bertz CT molecular complexity index is 655. The highest BCUT2D eigenvalue weighted by molar-refractivity contribution is 6.16. The topological polar surface area (TPSA) is 176 Å². The molecule has 1 saturated heterocycles. The van der Waals surface area contributed by atoms with Crippen molar-refractivity contribution in [1.29, 1.82) is 0 Å². The fraction of sp³-hybridized carbons (Fsp3) is 0.667. The van der Waals surface area contributed by atoms with Crippen molar-refractivity contribution < 1.29 is 49.1 Å². The number of hydrogen-bond acceptors (Lipinski definition) is 10. The molecule has 1 rings (SSSR count). The van der Waals surface area contributed by atoms with Gasteiger partial charge in [-0.1, -0.05) is 6.92 Å². The van der Waals surface area contributed by atoms with Crippen LogP contribution in [0.25, 0.3) is 0 Å². The lowest BCUT2D eigenvalue weighted by molar-refractivity contribution is -0.209. The standard InChI is InChI=1S/C15H20O10/c1-5-9(19)10(20)13(22,6(2)16)11-14(23,7(3)17)15(24,8(4)18)12(21)25-11/h10-11,20,22-24H,5H2,1-4H3/t10?,11-,13+,14-,15-/m0/s1. The Balaban J connectivity index is 3.75. The largest absolute Gasteiger partial charge is 0.452 e. The van der Waals surface area contributed by atoms with E-state index in [0.717, 1.165) is 0 Å². The van der Waals surface area contributed by atoms with E-state index in [2.05, 4.69) is 4.74 Å². The number of esters is 1. The molecule has 10 nitrogen and oxygen atoms in total. The second-order valence-corrected chi connectivity index (χ2v) is 5.98. The fourth-order valence-electron chi connectivity index (χ4n) is 2.84. The summed E-state index contributed by atoms with van der Waals surface area (Å²) in [6.07, 6.45) is -5.40. The van der Waals surface area contributed by atoms with Crippen LogP contribution in [-0.2, 0) is 28.7 Å². The molecule has 0 spiro atoms. The summed E-state index contributed by atoms with van der Waals surface area (Å²) in [5.41, 5.74) is -10.1. The molecule has 1 aliphatic rings. The summed E-state index contributed by atoms with van der Waals surface area (Å²) in [5.74, 6) is -6.96. The number of carbonyl (C=O) groups is 5. The SMILES string of the molecule is CCC(=O)C(O)[C@](O)(C(C)=O)[C@@H]1OC(=O)[C@@](O)(C(C)=O)[C@]1(O)C(C)=O.